The van der Waals surface area contributed by atoms with Gasteiger partial charge >= 0.3 is 11.8 Å². The van der Waals surface area contributed by atoms with E-state index in [1.165, 1.54) is 0 Å². The summed E-state index contributed by atoms with van der Waals surface area (Å²) in [6.07, 6.45) is 3.89. The van der Waals surface area contributed by atoms with Crippen LogP contribution in [0, 0.1) is 6.92 Å². The van der Waals surface area contributed by atoms with Crippen molar-refractivity contribution in [2.24, 2.45) is 0 Å². The third kappa shape index (κ3) is 5.05. The van der Waals surface area contributed by atoms with Crippen LogP contribution in [0.25, 0.3) is 11.4 Å². The molecule has 0 radical (unpaired) electrons. The zero-order chi connectivity index (χ0) is 22.6. The van der Waals surface area contributed by atoms with Crippen LogP contribution in [-0.4, -0.2) is 41.9 Å². The van der Waals surface area contributed by atoms with Crippen LogP contribution in [0.1, 0.15) is 47.5 Å². The van der Waals surface area contributed by atoms with E-state index in [4.69, 9.17) is 4.52 Å². The van der Waals surface area contributed by atoms with Crippen LogP contribution in [0.4, 0.5) is 0 Å². The lowest BCUT2D eigenvalue weighted by Gasteiger charge is -2.19. The van der Waals surface area contributed by atoms with Crippen molar-refractivity contribution in [2.75, 3.05) is 13.1 Å². The lowest BCUT2D eigenvalue weighted by atomic mass is 10.1. The van der Waals surface area contributed by atoms with Gasteiger partial charge in [0.05, 0.1) is 4.90 Å². The third-order valence-corrected chi connectivity index (χ3v) is 7.38. The number of hydrogen-bond acceptors (Lipinski definition) is 6. The first-order valence-electron chi connectivity index (χ1n) is 10.7. The molecule has 168 valence electrons. The number of benzene rings is 2. The molecule has 0 aliphatic carbocycles. The first-order valence-corrected chi connectivity index (χ1v) is 12.2. The lowest BCUT2D eigenvalue weighted by Crippen LogP contribution is -2.31. The Morgan fingerprint density at radius 3 is 2.47 bits per heavy atom. The van der Waals surface area contributed by atoms with Gasteiger partial charge < -0.3 is 9.84 Å². The van der Waals surface area contributed by atoms with Crippen molar-refractivity contribution in [3.05, 3.63) is 65.5 Å². The topological polar surface area (TPSA) is 105 Å². The first-order chi connectivity index (χ1) is 15.4. The highest BCUT2D eigenvalue weighted by molar-refractivity contribution is 7.89. The molecular weight excluding hydrogens is 428 g/mol. The monoisotopic (exact) mass is 454 g/mol. The number of aryl methyl sites for hydroxylation is 1. The Hall–Kier alpha value is -3.04. The minimum absolute atomic E-state index is 0.145. The molecule has 2 heterocycles. The summed E-state index contributed by atoms with van der Waals surface area (Å²) < 4.78 is 32.5. The normalized spacial score (nSPS) is 15.3. The smallest absolute Gasteiger partial charge is 0.316 e. The molecule has 1 aliphatic heterocycles. The van der Waals surface area contributed by atoms with Gasteiger partial charge in [-0.1, -0.05) is 47.8 Å². The molecule has 8 nitrogen and oxygen atoms in total. The van der Waals surface area contributed by atoms with Crippen molar-refractivity contribution in [1.82, 2.24) is 19.8 Å². The summed E-state index contributed by atoms with van der Waals surface area (Å²) in [5.41, 5.74) is 2.65. The van der Waals surface area contributed by atoms with Gasteiger partial charge in [-0.3, -0.25) is 4.79 Å². The molecule has 3 aromatic rings. The van der Waals surface area contributed by atoms with Crippen molar-refractivity contribution < 1.29 is 17.7 Å². The van der Waals surface area contributed by atoms with Crippen LogP contribution in [0.3, 0.4) is 0 Å². The third-order valence-electron chi connectivity index (χ3n) is 5.47. The van der Waals surface area contributed by atoms with Gasteiger partial charge in [0.25, 0.3) is 0 Å². The van der Waals surface area contributed by atoms with Gasteiger partial charge in [0.1, 0.15) is 0 Å². The van der Waals surface area contributed by atoms with E-state index in [0.717, 1.165) is 36.8 Å². The second-order valence-corrected chi connectivity index (χ2v) is 9.88. The molecule has 0 unspecified atom stereocenters. The first kappa shape index (κ1) is 22.2. The number of nitrogens with zero attached hydrogens (tertiary/aromatic N) is 3. The minimum Gasteiger partial charge on any atom is -0.344 e. The predicted molar refractivity (Wildman–Crippen MR) is 119 cm³/mol. The largest absolute Gasteiger partial charge is 0.344 e. The molecule has 32 heavy (non-hydrogen) atoms. The standard InChI is InChI=1S/C23H26N4O4S/c1-17-7-6-8-18(15-17)16-24-22(28)23-25-21(26-31-23)19-9-11-20(12-10-19)32(29,30)27-13-4-2-3-5-14-27/h6-12,15H,2-5,13-14,16H2,1H3,(H,24,28). The molecule has 1 saturated heterocycles. The van der Waals surface area contributed by atoms with Crippen LogP contribution >= 0.6 is 0 Å². The van der Waals surface area contributed by atoms with Crippen LogP contribution in [-0.2, 0) is 16.6 Å². The summed E-state index contributed by atoms with van der Waals surface area (Å²) in [7, 11) is -3.52. The number of carbonyl (C=O) groups excluding carboxylic acids is 1. The van der Waals surface area contributed by atoms with Gasteiger partial charge in [-0.25, -0.2) is 8.42 Å². The van der Waals surface area contributed by atoms with Crippen molar-refractivity contribution in [3.8, 4) is 11.4 Å². The van der Waals surface area contributed by atoms with E-state index in [2.05, 4.69) is 15.5 Å². The van der Waals surface area contributed by atoms with Crippen molar-refractivity contribution in [3.63, 3.8) is 0 Å². The number of sulfonamides is 1. The second kappa shape index (κ2) is 9.62. The fraction of sp³-hybridized carbons (Fsp3) is 0.348. The number of aromatic nitrogens is 2. The van der Waals surface area contributed by atoms with E-state index in [-0.39, 0.29) is 16.6 Å². The molecule has 0 saturated carbocycles. The van der Waals surface area contributed by atoms with Gasteiger partial charge in [-0.15, -0.1) is 0 Å². The Bertz CT molecular complexity index is 1180. The number of nitrogens with one attached hydrogen (secondary N) is 1. The summed E-state index contributed by atoms with van der Waals surface area (Å²) >= 11 is 0. The van der Waals surface area contributed by atoms with Gasteiger partial charge in [-0.05, 0) is 49.6 Å². The summed E-state index contributed by atoms with van der Waals surface area (Å²) in [4.78, 5) is 16.7. The lowest BCUT2D eigenvalue weighted by molar-refractivity contribution is 0.0907. The van der Waals surface area contributed by atoms with Gasteiger partial charge in [0.15, 0.2) is 0 Å². The minimum atomic E-state index is -3.52. The van der Waals surface area contributed by atoms with E-state index in [0.29, 0.717) is 25.2 Å². The molecule has 2 aromatic carbocycles. The van der Waals surface area contributed by atoms with E-state index < -0.39 is 15.9 Å². The average Bonchev–Trinajstić information content (AvgIpc) is 3.12. The highest BCUT2D eigenvalue weighted by Gasteiger charge is 2.25. The Kier molecular flexibility index (Phi) is 6.66. The van der Waals surface area contributed by atoms with Crippen molar-refractivity contribution >= 4 is 15.9 Å². The van der Waals surface area contributed by atoms with Gasteiger partial charge in [-0.2, -0.15) is 9.29 Å². The van der Waals surface area contributed by atoms with E-state index >= 15 is 0 Å². The van der Waals surface area contributed by atoms with Gasteiger partial charge in [0, 0.05) is 25.2 Å². The molecule has 0 bridgehead atoms. The number of hydrogen-bond donors (Lipinski definition) is 1. The zero-order valence-corrected chi connectivity index (χ0v) is 18.8. The van der Waals surface area contributed by atoms with E-state index in [9.17, 15) is 13.2 Å². The molecule has 4 rings (SSSR count). The van der Waals surface area contributed by atoms with Crippen LogP contribution in [0.5, 0.6) is 0 Å². The summed E-state index contributed by atoms with van der Waals surface area (Å²) in [5, 5.41) is 6.62. The molecule has 1 amide bonds. The molecule has 1 N–H and O–H groups in total. The number of rotatable bonds is 6. The highest BCUT2D eigenvalue weighted by atomic mass is 32.2. The molecule has 0 spiro atoms. The summed E-state index contributed by atoms with van der Waals surface area (Å²) in [6.45, 7) is 3.44. The maximum Gasteiger partial charge on any atom is 0.316 e. The average molecular weight is 455 g/mol. The molecule has 1 aromatic heterocycles. The van der Waals surface area contributed by atoms with Crippen LogP contribution in [0.2, 0.25) is 0 Å². The molecule has 9 heteroatoms. The Morgan fingerprint density at radius 1 is 1.06 bits per heavy atom. The molecule has 0 atom stereocenters. The molecule has 1 aliphatic rings. The van der Waals surface area contributed by atoms with Crippen molar-refractivity contribution in [1.29, 1.82) is 0 Å². The van der Waals surface area contributed by atoms with Gasteiger partial charge in [0.2, 0.25) is 15.8 Å². The van der Waals surface area contributed by atoms with Crippen molar-refractivity contribution in [2.45, 2.75) is 44.0 Å². The fourth-order valence-electron chi connectivity index (χ4n) is 3.72. The van der Waals surface area contributed by atoms with E-state index in [1.807, 2.05) is 31.2 Å². The zero-order valence-electron chi connectivity index (χ0n) is 18.0. The predicted octanol–water partition coefficient (Wildman–Crippen LogP) is 3.54. The SMILES string of the molecule is Cc1cccc(CNC(=O)c2nc(-c3ccc(S(=O)(=O)N4CCCCCC4)cc3)no2)c1. The maximum atomic E-state index is 12.9. The number of carbonyl (C=O) groups is 1. The summed E-state index contributed by atoms with van der Waals surface area (Å²) in [6, 6.07) is 14.2. The quantitative estimate of drug-likeness (QED) is 0.611. The summed E-state index contributed by atoms with van der Waals surface area (Å²) in [5.74, 6) is -0.385. The van der Waals surface area contributed by atoms with E-state index in [1.54, 1.807) is 28.6 Å². The van der Waals surface area contributed by atoms with Crippen LogP contribution in [0.15, 0.2) is 57.9 Å². The molecule has 1 fully saturated rings. The maximum absolute atomic E-state index is 12.9. The fourth-order valence-corrected chi connectivity index (χ4v) is 5.24. The van der Waals surface area contributed by atoms with Crippen LogP contribution < -0.4 is 5.32 Å². The highest BCUT2D eigenvalue weighted by Crippen LogP contribution is 2.23. The Balaban J connectivity index is 1.43. The number of amides is 1. The molecular formula is C23H26N4O4S. The Labute approximate surface area is 187 Å². The Morgan fingerprint density at radius 2 is 1.78 bits per heavy atom. The second-order valence-electron chi connectivity index (χ2n) is 7.94.